The number of carboxylic acid groups (broad SMARTS) is 1. The Balaban J connectivity index is 3.25. The molecule has 2 N–H and O–H groups in total. The number of ether oxygens (including phenoxy) is 1. The van der Waals surface area contributed by atoms with E-state index in [2.05, 4.69) is 5.32 Å². The van der Waals surface area contributed by atoms with Gasteiger partial charge in [-0.25, -0.2) is 8.42 Å². The van der Waals surface area contributed by atoms with E-state index in [1.807, 2.05) is 0 Å². The Labute approximate surface area is 151 Å². The number of sulfonamides is 1. The van der Waals surface area contributed by atoms with Gasteiger partial charge in [-0.05, 0) is 30.7 Å². The van der Waals surface area contributed by atoms with Crippen molar-refractivity contribution in [3.63, 3.8) is 0 Å². The van der Waals surface area contributed by atoms with Crippen LogP contribution >= 0.6 is 11.6 Å². The SMILES string of the molecule is COCc1cc(Cl)cc(S(=O)(=O)N(CCNC(C)=O)C(C)C(=O)O)c1. The summed E-state index contributed by atoms with van der Waals surface area (Å²) in [6, 6.07) is 2.87. The number of carboxylic acids is 1. The molecule has 0 saturated heterocycles. The highest BCUT2D eigenvalue weighted by Gasteiger charge is 2.33. The summed E-state index contributed by atoms with van der Waals surface area (Å²) in [5, 5.41) is 11.9. The van der Waals surface area contributed by atoms with Crippen molar-refractivity contribution < 1.29 is 27.9 Å². The van der Waals surface area contributed by atoms with Gasteiger partial charge in [0.25, 0.3) is 0 Å². The highest BCUT2D eigenvalue weighted by atomic mass is 35.5. The van der Waals surface area contributed by atoms with Crippen LogP contribution in [0, 0.1) is 0 Å². The van der Waals surface area contributed by atoms with Gasteiger partial charge in [-0.1, -0.05) is 11.6 Å². The topological polar surface area (TPSA) is 113 Å². The Bertz CT molecular complexity index is 738. The molecule has 0 fully saturated rings. The standard InChI is InChI=1S/C15H21ClN2O6S/c1-10(15(20)21)18(5-4-17-11(2)19)25(22,23)14-7-12(9-24-3)6-13(16)8-14/h6-8,10H,4-5,9H2,1-3H3,(H,17,19)(H,20,21). The lowest BCUT2D eigenvalue weighted by Crippen LogP contribution is -2.46. The number of carbonyl (C=O) groups is 2. The van der Waals surface area contributed by atoms with Gasteiger partial charge in [0.2, 0.25) is 15.9 Å². The van der Waals surface area contributed by atoms with Crippen LogP contribution in [0.15, 0.2) is 23.1 Å². The summed E-state index contributed by atoms with van der Waals surface area (Å²) in [6.45, 7) is 2.49. The number of rotatable bonds is 9. The predicted molar refractivity (Wildman–Crippen MR) is 91.8 cm³/mol. The zero-order chi connectivity index (χ0) is 19.2. The summed E-state index contributed by atoms with van der Waals surface area (Å²) < 4.78 is 31.6. The van der Waals surface area contributed by atoms with Gasteiger partial charge >= 0.3 is 5.97 Å². The van der Waals surface area contributed by atoms with Crippen molar-refractivity contribution in [2.75, 3.05) is 20.2 Å². The minimum atomic E-state index is -4.15. The average Bonchev–Trinajstić information content (AvgIpc) is 2.50. The summed E-state index contributed by atoms with van der Waals surface area (Å²) in [4.78, 5) is 22.2. The van der Waals surface area contributed by atoms with Crippen LogP contribution < -0.4 is 5.32 Å². The van der Waals surface area contributed by atoms with Crippen molar-refractivity contribution in [3.8, 4) is 0 Å². The second-order valence-electron chi connectivity index (χ2n) is 5.34. The minimum Gasteiger partial charge on any atom is -0.480 e. The molecule has 0 radical (unpaired) electrons. The molecular formula is C15H21ClN2O6S. The Hall–Kier alpha value is -1.68. The van der Waals surface area contributed by atoms with Gasteiger partial charge in [-0.3, -0.25) is 9.59 Å². The molecule has 0 heterocycles. The number of halogens is 1. The Kier molecular flexibility index (Phi) is 7.81. The van der Waals surface area contributed by atoms with E-state index in [4.69, 9.17) is 16.3 Å². The molecule has 1 amide bonds. The average molecular weight is 393 g/mol. The molecule has 25 heavy (non-hydrogen) atoms. The van der Waals surface area contributed by atoms with Crippen LogP contribution in [0.4, 0.5) is 0 Å². The van der Waals surface area contributed by atoms with E-state index in [-0.39, 0.29) is 35.5 Å². The van der Waals surface area contributed by atoms with Gasteiger partial charge in [0, 0.05) is 32.1 Å². The lowest BCUT2D eigenvalue weighted by molar-refractivity contribution is -0.140. The van der Waals surface area contributed by atoms with E-state index in [9.17, 15) is 23.1 Å². The zero-order valence-corrected chi connectivity index (χ0v) is 15.7. The number of methoxy groups -OCH3 is 1. The number of hydrogen-bond donors (Lipinski definition) is 2. The molecule has 0 bridgehead atoms. The first kappa shape index (κ1) is 21.4. The number of nitrogens with zero attached hydrogens (tertiary/aromatic N) is 1. The highest BCUT2D eigenvalue weighted by Crippen LogP contribution is 2.24. The zero-order valence-electron chi connectivity index (χ0n) is 14.2. The lowest BCUT2D eigenvalue weighted by Gasteiger charge is -2.26. The van der Waals surface area contributed by atoms with Crippen molar-refractivity contribution in [2.45, 2.75) is 31.4 Å². The molecule has 1 atom stereocenters. The Morgan fingerprint density at radius 1 is 1.36 bits per heavy atom. The highest BCUT2D eigenvalue weighted by molar-refractivity contribution is 7.89. The van der Waals surface area contributed by atoms with Crippen LogP contribution in [-0.2, 0) is 31.0 Å². The van der Waals surface area contributed by atoms with Crippen LogP contribution in [-0.4, -0.2) is 55.9 Å². The molecule has 1 aromatic carbocycles. The summed E-state index contributed by atoms with van der Waals surface area (Å²) in [6.07, 6.45) is 0. The van der Waals surface area contributed by atoms with Crippen LogP contribution in [0.5, 0.6) is 0 Å². The molecular weight excluding hydrogens is 372 g/mol. The number of nitrogens with one attached hydrogen (secondary N) is 1. The first-order chi connectivity index (χ1) is 11.6. The lowest BCUT2D eigenvalue weighted by atomic mass is 10.2. The molecule has 10 heteroatoms. The second-order valence-corrected chi connectivity index (χ2v) is 7.67. The number of aliphatic carboxylic acids is 1. The quantitative estimate of drug-likeness (QED) is 0.650. The fraction of sp³-hybridized carbons (Fsp3) is 0.467. The van der Waals surface area contributed by atoms with E-state index < -0.39 is 22.0 Å². The number of amides is 1. The van der Waals surface area contributed by atoms with Crippen molar-refractivity contribution in [2.24, 2.45) is 0 Å². The molecule has 1 aromatic rings. The molecule has 0 aliphatic carbocycles. The molecule has 0 saturated carbocycles. The van der Waals surface area contributed by atoms with Crippen LogP contribution in [0.2, 0.25) is 5.02 Å². The van der Waals surface area contributed by atoms with Crippen LogP contribution in [0.25, 0.3) is 0 Å². The van der Waals surface area contributed by atoms with Crippen molar-refractivity contribution >= 4 is 33.5 Å². The fourth-order valence-corrected chi connectivity index (χ4v) is 4.15. The molecule has 1 unspecified atom stereocenters. The summed E-state index contributed by atoms with van der Waals surface area (Å²) >= 11 is 5.97. The van der Waals surface area contributed by atoms with E-state index in [1.54, 1.807) is 6.07 Å². The number of carbonyl (C=O) groups excluding carboxylic acids is 1. The Morgan fingerprint density at radius 2 is 2.00 bits per heavy atom. The maximum atomic E-state index is 12.9. The van der Waals surface area contributed by atoms with E-state index in [0.29, 0.717) is 5.56 Å². The summed E-state index contributed by atoms with van der Waals surface area (Å²) in [7, 11) is -2.69. The summed E-state index contributed by atoms with van der Waals surface area (Å²) in [5.41, 5.74) is 0.540. The van der Waals surface area contributed by atoms with Crippen molar-refractivity contribution in [3.05, 3.63) is 28.8 Å². The second kappa shape index (κ2) is 9.14. The van der Waals surface area contributed by atoms with Gasteiger partial charge in [0.1, 0.15) is 6.04 Å². The summed E-state index contributed by atoms with van der Waals surface area (Å²) in [5.74, 6) is -1.64. The normalized spacial score (nSPS) is 12.8. The third-order valence-electron chi connectivity index (χ3n) is 3.34. The van der Waals surface area contributed by atoms with Crippen LogP contribution in [0.1, 0.15) is 19.4 Å². The largest absolute Gasteiger partial charge is 0.480 e. The fourth-order valence-electron chi connectivity index (χ4n) is 2.14. The molecule has 0 aliphatic heterocycles. The predicted octanol–water partition coefficient (Wildman–Crippen LogP) is 1.09. The first-order valence-corrected chi connectivity index (χ1v) is 9.19. The maximum Gasteiger partial charge on any atom is 0.321 e. The third-order valence-corrected chi connectivity index (χ3v) is 5.51. The van der Waals surface area contributed by atoms with E-state index >= 15 is 0 Å². The van der Waals surface area contributed by atoms with Gasteiger partial charge in [0.15, 0.2) is 0 Å². The molecule has 0 aliphatic rings. The molecule has 8 nitrogen and oxygen atoms in total. The number of benzene rings is 1. The monoisotopic (exact) mass is 392 g/mol. The molecule has 0 aromatic heterocycles. The van der Waals surface area contributed by atoms with Gasteiger partial charge in [-0.2, -0.15) is 4.31 Å². The van der Waals surface area contributed by atoms with E-state index in [0.717, 1.165) is 4.31 Å². The van der Waals surface area contributed by atoms with Gasteiger partial charge in [-0.15, -0.1) is 0 Å². The molecule has 1 rings (SSSR count). The molecule has 140 valence electrons. The third kappa shape index (κ3) is 5.96. The first-order valence-electron chi connectivity index (χ1n) is 7.37. The molecule has 0 spiro atoms. The Morgan fingerprint density at radius 3 is 2.52 bits per heavy atom. The van der Waals surface area contributed by atoms with Crippen molar-refractivity contribution in [1.29, 1.82) is 0 Å². The van der Waals surface area contributed by atoms with E-state index in [1.165, 1.54) is 33.1 Å². The number of hydrogen-bond acceptors (Lipinski definition) is 5. The van der Waals surface area contributed by atoms with Crippen molar-refractivity contribution in [1.82, 2.24) is 9.62 Å². The minimum absolute atomic E-state index is 0.0162. The maximum absolute atomic E-state index is 12.9. The van der Waals surface area contributed by atoms with Gasteiger partial charge in [0.05, 0.1) is 11.5 Å². The smallest absolute Gasteiger partial charge is 0.321 e. The van der Waals surface area contributed by atoms with Crippen LogP contribution in [0.3, 0.4) is 0 Å². The van der Waals surface area contributed by atoms with Gasteiger partial charge < -0.3 is 15.2 Å².